The molecule has 1 aromatic rings. The van der Waals surface area contributed by atoms with E-state index in [-0.39, 0.29) is 11.9 Å². The lowest BCUT2D eigenvalue weighted by molar-refractivity contribution is -0.123. The number of nitrogens with zero attached hydrogens (tertiary/aromatic N) is 1. The molecule has 4 heteroatoms. The Balaban J connectivity index is 2.24. The third-order valence-electron chi connectivity index (χ3n) is 3.24. The smallest absolute Gasteiger partial charge is 0.266 e. The quantitative estimate of drug-likeness (QED) is 0.609. The van der Waals surface area contributed by atoms with Gasteiger partial charge >= 0.3 is 0 Å². The molecule has 0 saturated carbocycles. The van der Waals surface area contributed by atoms with Gasteiger partial charge in [-0.3, -0.25) is 9.69 Å². The van der Waals surface area contributed by atoms with Crippen molar-refractivity contribution in [1.29, 1.82) is 0 Å². The summed E-state index contributed by atoms with van der Waals surface area (Å²) in [5.41, 5.74) is 2.34. The van der Waals surface area contributed by atoms with Crippen molar-refractivity contribution in [2.24, 2.45) is 0 Å². The normalized spacial score (nSPS) is 17.9. The Labute approximate surface area is 130 Å². The number of thiocarbonyl (C=S) groups is 1. The van der Waals surface area contributed by atoms with Crippen LogP contribution in [0.1, 0.15) is 44.7 Å². The van der Waals surface area contributed by atoms with Crippen molar-refractivity contribution in [1.82, 2.24) is 4.90 Å². The van der Waals surface area contributed by atoms with Crippen molar-refractivity contribution in [3.05, 3.63) is 40.3 Å². The molecular formula is C16H19NOS2. The largest absolute Gasteiger partial charge is 0.290 e. The summed E-state index contributed by atoms with van der Waals surface area (Å²) >= 11 is 6.65. The lowest BCUT2D eigenvalue weighted by Gasteiger charge is -2.18. The highest BCUT2D eigenvalue weighted by molar-refractivity contribution is 8.26. The summed E-state index contributed by atoms with van der Waals surface area (Å²) in [6.45, 7) is 8.29. The number of hydrogen-bond acceptors (Lipinski definition) is 3. The molecule has 1 amide bonds. The van der Waals surface area contributed by atoms with E-state index >= 15 is 0 Å². The molecule has 2 nitrogen and oxygen atoms in total. The van der Waals surface area contributed by atoms with E-state index in [4.69, 9.17) is 12.2 Å². The van der Waals surface area contributed by atoms with Crippen molar-refractivity contribution < 1.29 is 4.79 Å². The second-order valence-corrected chi connectivity index (χ2v) is 7.14. The summed E-state index contributed by atoms with van der Waals surface area (Å²) in [5, 5.41) is 0. The Kier molecular flexibility index (Phi) is 4.66. The predicted octanol–water partition coefficient (Wildman–Crippen LogP) is 4.42. The zero-order chi connectivity index (χ0) is 14.9. The molecule has 106 valence electrons. The van der Waals surface area contributed by atoms with Gasteiger partial charge in [0.2, 0.25) is 0 Å². The van der Waals surface area contributed by atoms with Crippen LogP contribution < -0.4 is 0 Å². The minimum Gasteiger partial charge on any atom is -0.290 e. The van der Waals surface area contributed by atoms with Crippen molar-refractivity contribution in [2.45, 2.75) is 39.7 Å². The number of rotatable bonds is 3. The van der Waals surface area contributed by atoms with Gasteiger partial charge in [-0.1, -0.05) is 62.1 Å². The maximum atomic E-state index is 12.3. The fourth-order valence-electron chi connectivity index (χ4n) is 2.05. The Bertz CT molecular complexity index is 558. The van der Waals surface area contributed by atoms with Crippen LogP contribution in [0.2, 0.25) is 0 Å². The van der Waals surface area contributed by atoms with Gasteiger partial charge in [0.05, 0.1) is 4.91 Å². The first-order valence-corrected chi connectivity index (χ1v) is 7.99. The van der Waals surface area contributed by atoms with Gasteiger partial charge in [0.25, 0.3) is 5.91 Å². The van der Waals surface area contributed by atoms with Crippen LogP contribution in [0.3, 0.4) is 0 Å². The molecule has 0 atom stereocenters. The highest BCUT2D eigenvalue weighted by atomic mass is 32.2. The van der Waals surface area contributed by atoms with Crippen LogP contribution in [0.4, 0.5) is 0 Å². The van der Waals surface area contributed by atoms with E-state index in [1.54, 1.807) is 4.90 Å². The Morgan fingerprint density at radius 1 is 1.15 bits per heavy atom. The summed E-state index contributed by atoms with van der Waals surface area (Å²) in [5.74, 6) is 0.533. The highest BCUT2D eigenvalue weighted by Crippen LogP contribution is 2.33. The fourth-order valence-corrected chi connectivity index (χ4v) is 3.58. The average Bonchev–Trinajstić information content (AvgIpc) is 2.65. The minimum atomic E-state index is 0.0166. The van der Waals surface area contributed by atoms with E-state index in [2.05, 4.69) is 38.1 Å². The van der Waals surface area contributed by atoms with Crippen LogP contribution in [0.5, 0.6) is 0 Å². The molecule has 0 unspecified atom stereocenters. The standard InChI is InChI=1S/C16H19NOS2/c1-10(2)13-7-5-12(6-8-13)9-14-15(18)17(11(3)4)16(19)20-14/h5-11H,1-4H3/b14-9+. The average molecular weight is 305 g/mol. The van der Waals surface area contributed by atoms with Crippen LogP contribution in [0.15, 0.2) is 29.2 Å². The second-order valence-electron chi connectivity index (χ2n) is 5.47. The van der Waals surface area contributed by atoms with Crippen LogP contribution in [0.25, 0.3) is 6.08 Å². The van der Waals surface area contributed by atoms with Crippen molar-refractivity contribution in [3.8, 4) is 0 Å². The molecule has 1 aliphatic heterocycles. The maximum absolute atomic E-state index is 12.3. The molecule has 0 N–H and O–H groups in total. The summed E-state index contributed by atoms with van der Waals surface area (Å²) in [6, 6.07) is 8.44. The molecule has 1 aromatic carbocycles. The molecular weight excluding hydrogens is 286 g/mol. The molecule has 0 aliphatic carbocycles. The monoisotopic (exact) mass is 305 g/mol. The SMILES string of the molecule is CC(C)c1ccc(/C=C2/SC(=S)N(C(C)C)C2=O)cc1. The van der Waals surface area contributed by atoms with E-state index in [9.17, 15) is 4.79 Å². The van der Waals surface area contributed by atoms with E-state index in [0.29, 0.717) is 15.1 Å². The predicted molar refractivity (Wildman–Crippen MR) is 90.7 cm³/mol. The summed E-state index contributed by atoms with van der Waals surface area (Å²) in [7, 11) is 0. The molecule has 0 aromatic heterocycles. The van der Waals surface area contributed by atoms with Crippen LogP contribution in [0, 0.1) is 0 Å². The summed E-state index contributed by atoms with van der Waals surface area (Å²) in [6.07, 6.45) is 1.92. The van der Waals surface area contributed by atoms with Gasteiger partial charge in [-0.05, 0) is 37.0 Å². The van der Waals surface area contributed by atoms with Gasteiger partial charge in [-0.25, -0.2) is 0 Å². The second kappa shape index (κ2) is 6.10. The number of carbonyl (C=O) groups is 1. The van der Waals surface area contributed by atoms with Crippen molar-refractivity contribution in [3.63, 3.8) is 0 Å². The lowest BCUT2D eigenvalue weighted by atomic mass is 10.0. The summed E-state index contributed by atoms with van der Waals surface area (Å²) < 4.78 is 0.648. The number of hydrogen-bond donors (Lipinski definition) is 0. The van der Waals surface area contributed by atoms with Crippen molar-refractivity contribution >= 4 is 40.3 Å². The van der Waals surface area contributed by atoms with Crippen molar-refractivity contribution in [2.75, 3.05) is 0 Å². The topological polar surface area (TPSA) is 20.3 Å². The molecule has 20 heavy (non-hydrogen) atoms. The van der Waals surface area contributed by atoms with Crippen LogP contribution >= 0.6 is 24.0 Å². The van der Waals surface area contributed by atoms with Gasteiger partial charge in [-0.15, -0.1) is 0 Å². The highest BCUT2D eigenvalue weighted by Gasteiger charge is 2.33. The minimum absolute atomic E-state index is 0.0166. The van der Waals surface area contributed by atoms with E-state index in [0.717, 1.165) is 5.56 Å². The molecule has 0 spiro atoms. The molecule has 1 fully saturated rings. The molecule has 1 saturated heterocycles. The van der Waals surface area contributed by atoms with Gasteiger partial charge in [0.15, 0.2) is 0 Å². The first-order valence-electron chi connectivity index (χ1n) is 6.77. The zero-order valence-corrected chi connectivity index (χ0v) is 13.8. The third kappa shape index (κ3) is 3.13. The zero-order valence-electron chi connectivity index (χ0n) is 12.2. The molecule has 0 bridgehead atoms. The van der Waals surface area contributed by atoms with E-state index in [1.165, 1.54) is 17.3 Å². The van der Waals surface area contributed by atoms with Crippen LogP contribution in [-0.2, 0) is 4.79 Å². The molecule has 1 aliphatic rings. The number of amides is 1. The maximum Gasteiger partial charge on any atom is 0.266 e. The van der Waals surface area contributed by atoms with Gasteiger partial charge < -0.3 is 0 Å². The Morgan fingerprint density at radius 3 is 2.20 bits per heavy atom. The fraction of sp³-hybridized carbons (Fsp3) is 0.375. The lowest BCUT2D eigenvalue weighted by Crippen LogP contribution is -2.34. The molecule has 0 radical (unpaired) electrons. The summed E-state index contributed by atoms with van der Waals surface area (Å²) in [4.78, 5) is 14.7. The third-order valence-corrected chi connectivity index (χ3v) is 4.57. The first kappa shape index (κ1) is 15.3. The number of benzene rings is 1. The Morgan fingerprint density at radius 2 is 1.75 bits per heavy atom. The molecule has 2 rings (SSSR count). The van der Waals surface area contributed by atoms with E-state index < -0.39 is 0 Å². The van der Waals surface area contributed by atoms with Gasteiger partial charge in [-0.2, -0.15) is 0 Å². The van der Waals surface area contributed by atoms with Crippen LogP contribution in [-0.4, -0.2) is 21.2 Å². The number of carbonyl (C=O) groups excluding carboxylic acids is 1. The number of thioether (sulfide) groups is 1. The van der Waals surface area contributed by atoms with Gasteiger partial charge in [0, 0.05) is 6.04 Å². The molecule has 1 heterocycles. The Hall–Kier alpha value is -1.13. The van der Waals surface area contributed by atoms with E-state index in [1.807, 2.05) is 19.9 Å². The first-order chi connectivity index (χ1) is 9.40. The van der Waals surface area contributed by atoms with Gasteiger partial charge in [0.1, 0.15) is 4.32 Å².